The smallest absolute Gasteiger partial charge is 0.306 e. The van der Waals surface area contributed by atoms with Crippen LogP contribution < -0.4 is 15.5 Å². The van der Waals surface area contributed by atoms with Crippen LogP contribution in [0.25, 0.3) is 17.8 Å². The Balaban J connectivity index is 2.06. The van der Waals surface area contributed by atoms with Crippen molar-refractivity contribution in [3.8, 4) is 5.69 Å². The topological polar surface area (TPSA) is 58.4 Å². The molecule has 0 saturated carbocycles. The molecule has 2 aromatic rings. The summed E-state index contributed by atoms with van der Waals surface area (Å²) in [6, 6.07) is 7.54. The molecule has 1 aromatic heterocycles. The zero-order valence-corrected chi connectivity index (χ0v) is 15.5. The van der Waals surface area contributed by atoms with Gasteiger partial charge in [0.2, 0.25) is 0 Å². The van der Waals surface area contributed by atoms with Gasteiger partial charge in [-0.3, -0.25) is 4.79 Å². The second kappa shape index (κ2) is 7.79. The molecule has 3 rings (SSSR count). The van der Waals surface area contributed by atoms with Gasteiger partial charge in [-0.25, -0.2) is 4.68 Å². The lowest BCUT2D eigenvalue weighted by Crippen LogP contribution is -2.40. The highest BCUT2D eigenvalue weighted by molar-refractivity contribution is 6.30. The Kier molecular flexibility index (Phi) is 5.47. The van der Waals surface area contributed by atoms with Crippen molar-refractivity contribution in [2.24, 2.45) is 5.92 Å². The summed E-state index contributed by atoms with van der Waals surface area (Å²) in [6.45, 7) is 7.16. The van der Waals surface area contributed by atoms with E-state index in [0.717, 1.165) is 22.1 Å². The van der Waals surface area contributed by atoms with Crippen molar-refractivity contribution in [1.29, 1.82) is 0 Å². The first kappa shape index (κ1) is 18.3. The first-order chi connectivity index (χ1) is 12.5. The van der Waals surface area contributed by atoms with E-state index in [1.165, 1.54) is 0 Å². The van der Waals surface area contributed by atoms with Gasteiger partial charge in [0.25, 0.3) is 0 Å². The Morgan fingerprint density at radius 2 is 1.96 bits per heavy atom. The van der Waals surface area contributed by atoms with Crippen LogP contribution in [0, 0.1) is 5.92 Å². The standard InChI is InChI=1S/C20H22ClN3O2/c1-3-5-17-18(4-2)24(16-8-6-15(21)7-9-16)22-19(17)23-12-10-14(11-13-23)20(25)26/h3-9,14H,1,10-13H2,2H3,(H,25,26)/b17-5+,18-4+. The van der Waals surface area contributed by atoms with Gasteiger partial charge in [0.05, 0.1) is 17.0 Å². The molecule has 1 aromatic carbocycles. The van der Waals surface area contributed by atoms with Crippen molar-refractivity contribution in [2.75, 3.05) is 18.0 Å². The van der Waals surface area contributed by atoms with E-state index in [9.17, 15) is 9.90 Å². The van der Waals surface area contributed by atoms with Crippen LogP contribution in [-0.4, -0.2) is 33.9 Å². The second-order valence-electron chi connectivity index (χ2n) is 6.30. The maximum atomic E-state index is 11.2. The number of hydrogen-bond donors (Lipinski definition) is 1. The Labute approximate surface area is 157 Å². The fourth-order valence-electron chi connectivity index (χ4n) is 3.34. The quantitative estimate of drug-likeness (QED) is 0.897. The largest absolute Gasteiger partial charge is 0.481 e. The number of anilines is 1. The van der Waals surface area contributed by atoms with Crippen molar-refractivity contribution < 1.29 is 9.90 Å². The lowest BCUT2D eigenvalue weighted by Gasteiger charge is -2.30. The van der Waals surface area contributed by atoms with Crippen LogP contribution in [0.2, 0.25) is 5.02 Å². The predicted octanol–water partition coefficient (Wildman–Crippen LogP) is 2.59. The van der Waals surface area contributed by atoms with E-state index in [-0.39, 0.29) is 5.92 Å². The molecule has 0 amide bonds. The minimum absolute atomic E-state index is 0.270. The summed E-state index contributed by atoms with van der Waals surface area (Å²) in [4.78, 5) is 13.4. The third-order valence-electron chi connectivity index (χ3n) is 4.71. The third kappa shape index (κ3) is 3.53. The van der Waals surface area contributed by atoms with Gasteiger partial charge in [-0.05, 0) is 50.1 Å². The minimum atomic E-state index is -0.711. The lowest BCUT2D eigenvalue weighted by molar-refractivity contribution is -0.142. The average Bonchev–Trinajstić information content (AvgIpc) is 3.01. The highest BCUT2D eigenvalue weighted by atomic mass is 35.5. The van der Waals surface area contributed by atoms with Gasteiger partial charge in [-0.1, -0.05) is 30.3 Å². The molecular formula is C20H22ClN3O2. The van der Waals surface area contributed by atoms with E-state index in [1.807, 2.05) is 48.0 Å². The van der Waals surface area contributed by atoms with Crippen molar-refractivity contribution in [1.82, 2.24) is 9.78 Å². The molecule has 5 nitrogen and oxygen atoms in total. The van der Waals surface area contributed by atoms with E-state index in [1.54, 1.807) is 6.08 Å². The maximum Gasteiger partial charge on any atom is 0.306 e. The number of rotatable bonds is 4. The number of carbonyl (C=O) groups is 1. The first-order valence-electron chi connectivity index (χ1n) is 8.67. The van der Waals surface area contributed by atoms with E-state index >= 15 is 0 Å². The van der Waals surface area contributed by atoms with E-state index in [2.05, 4.69) is 11.5 Å². The molecule has 0 spiro atoms. The molecule has 136 valence electrons. The molecule has 0 bridgehead atoms. The molecule has 1 aliphatic rings. The minimum Gasteiger partial charge on any atom is -0.481 e. The predicted molar refractivity (Wildman–Crippen MR) is 105 cm³/mol. The molecule has 0 radical (unpaired) electrons. The molecule has 1 aliphatic heterocycles. The van der Waals surface area contributed by atoms with Crippen molar-refractivity contribution in [3.05, 3.63) is 52.5 Å². The van der Waals surface area contributed by atoms with Gasteiger partial charge in [-0.15, -0.1) is 5.10 Å². The Hall–Kier alpha value is -2.53. The molecule has 2 heterocycles. The maximum absolute atomic E-state index is 11.2. The van der Waals surface area contributed by atoms with E-state index in [4.69, 9.17) is 16.7 Å². The number of benzene rings is 1. The number of hydrogen-bond acceptors (Lipinski definition) is 3. The number of carboxylic acid groups (broad SMARTS) is 1. The van der Waals surface area contributed by atoms with Gasteiger partial charge in [0.15, 0.2) is 5.82 Å². The summed E-state index contributed by atoms with van der Waals surface area (Å²) in [5.41, 5.74) is 0.924. The lowest BCUT2D eigenvalue weighted by atomic mass is 9.97. The van der Waals surface area contributed by atoms with Crippen LogP contribution in [0.3, 0.4) is 0 Å². The van der Waals surface area contributed by atoms with Crippen LogP contribution in [0.1, 0.15) is 19.8 Å². The van der Waals surface area contributed by atoms with Crippen LogP contribution >= 0.6 is 11.6 Å². The zero-order valence-electron chi connectivity index (χ0n) is 14.7. The summed E-state index contributed by atoms with van der Waals surface area (Å²) in [5.74, 6) is -0.123. The molecule has 1 fully saturated rings. The number of carboxylic acids is 1. The van der Waals surface area contributed by atoms with Gasteiger partial charge >= 0.3 is 5.97 Å². The molecule has 1 saturated heterocycles. The van der Waals surface area contributed by atoms with E-state index < -0.39 is 5.97 Å². The van der Waals surface area contributed by atoms with Crippen LogP contribution in [0.5, 0.6) is 0 Å². The summed E-state index contributed by atoms with van der Waals surface area (Å²) >= 11 is 6.01. The number of aliphatic carboxylic acids is 1. The summed E-state index contributed by atoms with van der Waals surface area (Å²) < 4.78 is 1.89. The Morgan fingerprint density at radius 1 is 1.31 bits per heavy atom. The highest BCUT2D eigenvalue weighted by Gasteiger charge is 2.26. The average molecular weight is 372 g/mol. The molecular weight excluding hydrogens is 350 g/mol. The van der Waals surface area contributed by atoms with Crippen molar-refractivity contribution in [3.63, 3.8) is 0 Å². The molecule has 26 heavy (non-hydrogen) atoms. The second-order valence-corrected chi connectivity index (χ2v) is 6.74. The fourth-order valence-corrected chi connectivity index (χ4v) is 3.46. The van der Waals surface area contributed by atoms with E-state index in [0.29, 0.717) is 31.0 Å². The zero-order chi connectivity index (χ0) is 18.7. The van der Waals surface area contributed by atoms with Gasteiger partial charge < -0.3 is 10.0 Å². The van der Waals surface area contributed by atoms with Crippen molar-refractivity contribution in [2.45, 2.75) is 19.8 Å². The normalized spacial score (nSPS) is 16.9. The van der Waals surface area contributed by atoms with Crippen LogP contribution in [0.15, 0.2) is 36.9 Å². The first-order valence-corrected chi connectivity index (χ1v) is 9.04. The molecule has 6 heteroatoms. The molecule has 0 aliphatic carbocycles. The van der Waals surface area contributed by atoms with Gasteiger partial charge in [-0.2, -0.15) is 0 Å². The molecule has 0 atom stereocenters. The number of allylic oxidation sites excluding steroid dienone is 1. The molecule has 0 unspecified atom stereocenters. The Morgan fingerprint density at radius 3 is 2.50 bits per heavy atom. The van der Waals surface area contributed by atoms with Crippen molar-refractivity contribution >= 4 is 35.5 Å². The summed E-state index contributed by atoms with van der Waals surface area (Å²) in [7, 11) is 0. The SMILES string of the molecule is C=C/C=c1/c(N2CCC(C(=O)O)CC2)nn(-c2ccc(Cl)cc2)/c1=C/C. The number of piperidine rings is 1. The third-order valence-corrected chi connectivity index (χ3v) is 4.96. The number of aromatic nitrogens is 2. The highest BCUT2D eigenvalue weighted by Crippen LogP contribution is 2.20. The van der Waals surface area contributed by atoms with Gasteiger partial charge in [0, 0.05) is 23.3 Å². The summed E-state index contributed by atoms with van der Waals surface area (Å²) in [6.07, 6.45) is 6.98. The monoisotopic (exact) mass is 371 g/mol. The van der Waals surface area contributed by atoms with Crippen LogP contribution in [-0.2, 0) is 4.79 Å². The fraction of sp³-hybridized carbons (Fsp3) is 0.300. The number of nitrogens with zero attached hydrogens (tertiary/aromatic N) is 3. The number of halogens is 1. The molecule has 1 N–H and O–H groups in total. The summed E-state index contributed by atoms with van der Waals surface area (Å²) in [5, 5.41) is 16.7. The van der Waals surface area contributed by atoms with Gasteiger partial charge in [0.1, 0.15) is 0 Å². The Bertz CT molecular complexity index is 923. The van der Waals surface area contributed by atoms with Crippen LogP contribution in [0.4, 0.5) is 5.82 Å².